The second-order valence-electron chi connectivity index (χ2n) is 4.14. The van der Waals surface area contributed by atoms with Crippen LogP contribution in [-0.4, -0.2) is 65.6 Å². The van der Waals surface area contributed by atoms with Gasteiger partial charge in [-0.1, -0.05) is 6.07 Å². The first kappa shape index (κ1) is 16.7. The summed E-state index contributed by atoms with van der Waals surface area (Å²) >= 11 is 0. The number of aromatic carboxylic acids is 1. The zero-order valence-electron chi connectivity index (χ0n) is 11.6. The number of amides is 2. The number of hydrogen-bond donors (Lipinski definition) is 4. The van der Waals surface area contributed by atoms with Crippen LogP contribution in [0.15, 0.2) is 18.2 Å². The molecular weight excluding hydrogens is 280 g/mol. The zero-order valence-corrected chi connectivity index (χ0v) is 11.6. The van der Waals surface area contributed by atoms with Crippen molar-refractivity contribution in [1.29, 1.82) is 0 Å². The van der Waals surface area contributed by atoms with Crippen molar-refractivity contribution in [2.45, 2.75) is 0 Å². The molecule has 1 rings (SSSR count). The van der Waals surface area contributed by atoms with E-state index < -0.39 is 17.7 Å². The normalized spacial score (nSPS) is 10.2. The number of para-hydroxylation sites is 1. The van der Waals surface area contributed by atoms with E-state index in [1.165, 1.54) is 30.2 Å². The van der Waals surface area contributed by atoms with Crippen LogP contribution < -0.4 is 5.32 Å². The van der Waals surface area contributed by atoms with Crippen molar-refractivity contribution < 1.29 is 29.6 Å². The second-order valence-corrected chi connectivity index (χ2v) is 4.14. The van der Waals surface area contributed by atoms with Gasteiger partial charge in [0.25, 0.3) is 0 Å². The van der Waals surface area contributed by atoms with E-state index in [0.29, 0.717) is 0 Å². The Morgan fingerprint density at radius 2 is 2.05 bits per heavy atom. The third kappa shape index (κ3) is 4.62. The summed E-state index contributed by atoms with van der Waals surface area (Å²) in [5.41, 5.74) is -0.321. The molecule has 0 heterocycles. The summed E-state index contributed by atoms with van der Waals surface area (Å²) in [6, 6.07) is 3.44. The Bertz CT molecular complexity index is 505. The molecule has 0 saturated heterocycles. The van der Waals surface area contributed by atoms with Gasteiger partial charge in [-0.3, -0.25) is 0 Å². The van der Waals surface area contributed by atoms with E-state index in [4.69, 9.17) is 14.9 Å². The lowest BCUT2D eigenvalue weighted by molar-refractivity contribution is 0.0693. The smallest absolute Gasteiger partial charge is 0.339 e. The van der Waals surface area contributed by atoms with Crippen molar-refractivity contribution in [2.75, 3.05) is 38.7 Å². The van der Waals surface area contributed by atoms with Gasteiger partial charge in [0.05, 0.1) is 18.9 Å². The van der Waals surface area contributed by atoms with Gasteiger partial charge < -0.3 is 30.3 Å². The van der Waals surface area contributed by atoms with Crippen LogP contribution in [0.25, 0.3) is 0 Å². The summed E-state index contributed by atoms with van der Waals surface area (Å²) in [6.07, 6.45) is 0. The van der Waals surface area contributed by atoms with Crippen LogP contribution in [0.1, 0.15) is 10.4 Å². The highest BCUT2D eigenvalue weighted by Crippen LogP contribution is 2.27. The van der Waals surface area contributed by atoms with Gasteiger partial charge in [0.1, 0.15) is 5.56 Å². The lowest BCUT2D eigenvalue weighted by Gasteiger charge is -2.22. The Morgan fingerprint density at radius 3 is 2.62 bits per heavy atom. The third-order valence-electron chi connectivity index (χ3n) is 2.73. The number of hydrogen-bond acceptors (Lipinski definition) is 5. The van der Waals surface area contributed by atoms with E-state index in [-0.39, 0.29) is 37.6 Å². The van der Waals surface area contributed by atoms with Gasteiger partial charge in [-0.15, -0.1) is 0 Å². The molecule has 0 atom stereocenters. The fourth-order valence-electron chi connectivity index (χ4n) is 1.65. The number of anilines is 1. The molecule has 0 aliphatic carbocycles. The number of nitrogens with zero attached hydrogens (tertiary/aromatic N) is 1. The zero-order chi connectivity index (χ0) is 15.8. The number of aliphatic hydroxyl groups is 1. The van der Waals surface area contributed by atoms with Crippen LogP contribution in [0.4, 0.5) is 10.5 Å². The molecule has 4 N–H and O–H groups in total. The Balaban J connectivity index is 2.85. The number of carboxylic acids is 1. The first-order valence-electron chi connectivity index (χ1n) is 6.22. The second kappa shape index (κ2) is 8.08. The minimum atomic E-state index is -1.30. The van der Waals surface area contributed by atoms with Crippen LogP contribution in [0, 0.1) is 0 Å². The monoisotopic (exact) mass is 298 g/mol. The van der Waals surface area contributed by atoms with Crippen LogP contribution in [0.2, 0.25) is 0 Å². The van der Waals surface area contributed by atoms with Gasteiger partial charge in [-0.2, -0.15) is 0 Å². The number of aliphatic hydroxyl groups excluding tert-OH is 1. The van der Waals surface area contributed by atoms with Crippen LogP contribution in [-0.2, 0) is 4.74 Å². The van der Waals surface area contributed by atoms with Gasteiger partial charge in [0, 0.05) is 20.2 Å². The van der Waals surface area contributed by atoms with E-state index in [2.05, 4.69) is 5.32 Å². The van der Waals surface area contributed by atoms with Crippen molar-refractivity contribution in [3.05, 3.63) is 23.8 Å². The summed E-state index contributed by atoms with van der Waals surface area (Å²) in [5, 5.41) is 30.0. The number of carbonyl (C=O) groups excluding carboxylic acids is 1. The summed E-state index contributed by atoms with van der Waals surface area (Å²) in [6.45, 7) is 0.406. The van der Waals surface area contributed by atoms with Gasteiger partial charge >= 0.3 is 12.0 Å². The fourth-order valence-corrected chi connectivity index (χ4v) is 1.65. The molecular formula is C13H18N2O6. The van der Waals surface area contributed by atoms with Crippen LogP contribution in [0.3, 0.4) is 0 Å². The number of methoxy groups -OCH3 is 1. The molecule has 8 nitrogen and oxygen atoms in total. The maximum atomic E-state index is 12.0. The number of urea groups is 1. The molecule has 0 saturated carbocycles. The van der Waals surface area contributed by atoms with Crippen molar-refractivity contribution in [3.8, 4) is 5.75 Å². The number of phenols is 1. The van der Waals surface area contributed by atoms with E-state index in [1.54, 1.807) is 0 Å². The van der Waals surface area contributed by atoms with Gasteiger partial charge in [-0.25, -0.2) is 9.59 Å². The Kier molecular flexibility index (Phi) is 6.44. The minimum Gasteiger partial charge on any atom is -0.505 e. The molecule has 1 aromatic rings. The highest BCUT2D eigenvalue weighted by Gasteiger charge is 2.17. The predicted molar refractivity (Wildman–Crippen MR) is 74.6 cm³/mol. The highest BCUT2D eigenvalue weighted by molar-refractivity contribution is 5.97. The average Bonchev–Trinajstić information content (AvgIpc) is 2.45. The quantitative estimate of drug-likeness (QED) is 0.546. The molecule has 0 aliphatic heterocycles. The first-order chi connectivity index (χ1) is 10.0. The summed E-state index contributed by atoms with van der Waals surface area (Å²) < 4.78 is 4.86. The van der Waals surface area contributed by atoms with Crippen LogP contribution in [0.5, 0.6) is 5.75 Å². The van der Waals surface area contributed by atoms with E-state index in [0.717, 1.165) is 0 Å². The molecule has 0 radical (unpaired) electrons. The van der Waals surface area contributed by atoms with Crippen molar-refractivity contribution in [3.63, 3.8) is 0 Å². The highest BCUT2D eigenvalue weighted by atomic mass is 16.5. The standard InChI is InChI=1S/C13H18N2O6/c1-21-8-6-15(5-7-16)13(20)14-10-4-2-3-9(11(10)17)12(18)19/h2-4,16-17H,5-8H2,1H3,(H,14,20)(H,18,19). The van der Waals surface area contributed by atoms with Crippen molar-refractivity contribution in [2.24, 2.45) is 0 Å². The van der Waals surface area contributed by atoms with Crippen molar-refractivity contribution >= 4 is 17.7 Å². The Labute approximate surface area is 121 Å². The minimum absolute atomic E-state index is 0.0137. The van der Waals surface area contributed by atoms with E-state index in [9.17, 15) is 14.7 Å². The molecule has 21 heavy (non-hydrogen) atoms. The average molecular weight is 298 g/mol. The maximum absolute atomic E-state index is 12.0. The lowest BCUT2D eigenvalue weighted by Crippen LogP contribution is -2.39. The lowest BCUT2D eigenvalue weighted by atomic mass is 10.1. The largest absolute Gasteiger partial charge is 0.505 e. The molecule has 116 valence electrons. The summed E-state index contributed by atoms with van der Waals surface area (Å²) in [7, 11) is 1.48. The number of rotatable bonds is 7. The molecule has 1 aromatic carbocycles. The molecule has 0 aromatic heterocycles. The van der Waals surface area contributed by atoms with E-state index >= 15 is 0 Å². The fraction of sp³-hybridized carbons (Fsp3) is 0.385. The van der Waals surface area contributed by atoms with Crippen LogP contribution >= 0.6 is 0 Å². The number of carboxylic acid groups (broad SMARTS) is 1. The van der Waals surface area contributed by atoms with E-state index in [1.807, 2.05) is 0 Å². The van der Waals surface area contributed by atoms with Crippen molar-refractivity contribution in [1.82, 2.24) is 4.90 Å². The predicted octanol–water partition coefficient (Wildman–Crippen LogP) is 0.563. The molecule has 0 spiro atoms. The van der Waals surface area contributed by atoms with Gasteiger partial charge in [0.15, 0.2) is 5.75 Å². The summed E-state index contributed by atoms with van der Waals surface area (Å²) in [4.78, 5) is 24.2. The topological polar surface area (TPSA) is 119 Å². The molecule has 0 fully saturated rings. The van der Waals surface area contributed by atoms with Gasteiger partial charge in [-0.05, 0) is 12.1 Å². The first-order valence-corrected chi connectivity index (χ1v) is 6.22. The molecule has 0 aliphatic rings. The maximum Gasteiger partial charge on any atom is 0.339 e. The number of carbonyl (C=O) groups is 2. The number of benzene rings is 1. The Hall–Kier alpha value is -2.32. The number of aromatic hydroxyl groups is 1. The number of ether oxygens (including phenoxy) is 1. The third-order valence-corrected chi connectivity index (χ3v) is 2.73. The molecule has 8 heteroatoms. The summed E-state index contributed by atoms with van der Waals surface area (Å²) in [5.74, 6) is -1.82. The van der Waals surface area contributed by atoms with Gasteiger partial charge in [0.2, 0.25) is 0 Å². The molecule has 2 amide bonds. The molecule has 0 bridgehead atoms. The Morgan fingerprint density at radius 1 is 1.33 bits per heavy atom. The molecule has 0 unspecified atom stereocenters. The number of nitrogens with one attached hydrogen (secondary N) is 1. The SMILES string of the molecule is COCCN(CCO)C(=O)Nc1cccc(C(=O)O)c1O.